The third-order valence-electron chi connectivity index (χ3n) is 1.72. The summed E-state index contributed by atoms with van der Waals surface area (Å²) in [6.45, 7) is -5.01. The van der Waals surface area contributed by atoms with Gasteiger partial charge in [-0.05, 0) is 11.6 Å². The second-order valence-corrected chi connectivity index (χ2v) is 2.96. The minimum Gasteiger partial charge on any atom is -0.445 e. The van der Waals surface area contributed by atoms with E-state index in [1.807, 2.05) is 0 Å². The van der Waals surface area contributed by atoms with Crippen LogP contribution < -0.4 is 11.2 Å². The van der Waals surface area contributed by atoms with Gasteiger partial charge in [-0.25, -0.2) is 0 Å². The van der Waals surface area contributed by atoms with Crippen LogP contribution in [-0.2, 0) is 6.42 Å². The number of nitrogen functional groups attached to an aromatic ring is 1. The summed E-state index contributed by atoms with van der Waals surface area (Å²) < 4.78 is 37.0. The Labute approximate surface area is 80.2 Å². The molecular weight excluding hydrogens is 190 g/mol. The van der Waals surface area contributed by atoms with Crippen LogP contribution in [0.15, 0.2) is 18.2 Å². The van der Waals surface area contributed by atoms with Crippen LogP contribution in [0.3, 0.4) is 0 Å². The molecule has 14 heavy (non-hydrogen) atoms. The van der Waals surface area contributed by atoms with Gasteiger partial charge < -0.3 is 18.7 Å². The lowest BCUT2D eigenvalue weighted by Gasteiger charge is -2.16. The summed E-state index contributed by atoms with van der Waals surface area (Å²) in [6, 6.07) is 3.40. The Morgan fingerprint density at radius 1 is 1.29 bits per heavy atom. The molecule has 0 radical (unpaired) electrons. The van der Waals surface area contributed by atoms with Crippen molar-refractivity contribution in [3.8, 4) is 12.3 Å². The van der Waals surface area contributed by atoms with Crippen molar-refractivity contribution in [1.82, 2.24) is 0 Å². The summed E-state index contributed by atoms with van der Waals surface area (Å²) in [7, 11) is 0. The molecule has 1 aromatic rings. The molecule has 0 aliphatic rings. The lowest BCUT2D eigenvalue weighted by molar-refractivity contribution is 0.501. The van der Waals surface area contributed by atoms with Crippen LogP contribution in [0.4, 0.5) is 18.6 Å². The molecule has 0 amide bonds. The molecule has 1 nitrogen and oxygen atoms in total. The number of terminal acetylenes is 1. The van der Waals surface area contributed by atoms with Crippen LogP contribution in [0.25, 0.3) is 0 Å². The molecule has 0 fully saturated rings. The normalized spacial score (nSPS) is 11.0. The molecule has 1 rings (SSSR count). The van der Waals surface area contributed by atoms with Crippen molar-refractivity contribution in [3.05, 3.63) is 23.8 Å². The maximum atomic E-state index is 12.3. The smallest absolute Gasteiger partial charge is 0.445 e. The Hall–Kier alpha value is -1.57. The first-order chi connectivity index (χ1) is 6.43. The summed E-state index contributed by atoms with van der Waals surface area (Å²) in [4.78, 5) is 0. The number of hydrogen-bond acceptors (Lipinski definition) is 1. The van der Waals surface area contributed by atoms with Crippen molar-refractivity contribution in [3.63, 3.8) is 0 Å². The summed E-state index contributed by atoms with van der Waals surface area (Å²) in [5.41, 5.74) is 5.14. The van der Waals surface area contributed by atoms with Gasteiger partial charge in [0, 0.05) is 12.1 Å². The van der Waals surface area contributed by atoms with Crippen molar-refractivity contribution in [1.29, 1.82) is 0 Å². The van der Waals surface area contributed by atoms with Crippen LogP contribution in [-0.4, -0.2) is 6.98 Å². The predicted molar refractivity (Wildman–Crippen MR) is 52.1 cm³/mol. The third-order valence-corrected chi connectivity index (χ3v) is 1.72. The maximum Gasteiger partial charge on any atom is 0.509 e. The van der Waals surface area contributed by atoms with E-state index in [0.717, 1.165) is 12.1 Å². The van der Waals surface area contributed by atoms with Crippen LogP contribution in [0, 0.1) is 12.3 Å². The van der Waals surface area contributed by atoms with Gasteiger partial charge in [-0.15, -0.1) is 17.8 Å². The molecule has 2 N–H and O–H groups in total. The number of anilines is 1. The zero-order chi connectivity index (χ0) is 10.8. The number of halogens is 3. The molecule has 0 aliphatic heterocycles. The van der Waals surface area contributed by atoms with E-state index in [-0.39, 0.29) is 12.1 Å². The molecule has 1 aromatic carbocycles. The fraction of sp³-hybridized carbons (Fsp3) is 0.111. The molecule has 0 aromatic heterocycles. The highest BCUT2D eigenvalue weighted by atomic mass is 19.4. The predicted octanol–water partition coefficient (Wildman–Crippen LogP) is 1.50. The Morgan fingerprint density at radius 2 is 1.93 bits per heavy atom. The lowest BCUT2D eigenvalue weighted by atomic mass is 9.79. The third kappa shape index (κ3) is 2.46. The van der Waals surface area contributed by atoms with E-state index in [1.54, 1.807) is 0 Å². The Bertz CT molecular complexity index is 379. The average molecular weight is 198 g/mol. The molecule has 0 atom stereocenters. The summed E-state index contributed by atoms with van der Waals surface area (Å²) in [5.74, 6) is 2.27. The van der Waals surface area contributed by atoms with E-state index in [2.05, 4.69) is 5.92 Å². The van der Waals surface area contributed by atoms with Gasteiger partial charge >= 0.3 is 6.98 Å². The Balaban J connectivity index is 3.15. The molecule has 0 spiro atoms. The van der Waals surface area contributed by atoms with Gasteiger partial charge in [0.2, 0.25) is 0 Å². The summed E-state index contributed by atoms with van der Waals surface area (Å²) in [5, 5.41) is 0. The minimum absolute atomic E-state index is 0.0898. The lowest BCUT2D eigenvalue weighted by Crippen LogP contribution is -2.34. The Morgan fingerprint density at radius 3 is 2.43 bits per heavy atom. The van der Waals surface area contributed by atoms with E-state index in [0.29, 0.717) is 5.56 Å². The van der Waals surface area contributed by atoms with Crippen LogP contribution in [0.2, 0.25) is 0 Å². The van der Waals surface area contributed by atoms with E-state index in [1.165, 1.54) is 6.07 Å². The van der Waals surface area contributed by atoms with Gasteiger partial charge in [-0.3, -0.25) is 0 Å². The van der Waals surface area contributed by atoms with E-state index >= 15 is 0 Å². The molecule has 5 heteroatoms. The maximum absolute atomic E-state index is 12.3. The number of nitrogens with two attached hydrogens (primary N) is 1. The average Bonchev–Trinajstić information content (AvgIpc) is 2.02. The van der Waals surface area contributed by atoms with Crippen molar-refractivity contribution < 1.29 is 12.9 Å². The zero-order valence-corrected chi connectivity index (χ0v) is 7.31. The first-order valence-corrected chi connectivity index (χ1v) is 3.96. The van der Waals surface area contributed by atoms with Gasteiger partial charge in [-0.2, -0.15) is 0 Å². The van der Waals surface area contributed by atoms with E-state index < -0.39 is 12.4 Å². The fourth-order valence-electron chi connectivity index (χ4n) is 1.15. The molecule has 0 saturated carbocycles. The molecule has 0 heterocycles. The first kappa shape index (κ1) is 10.5. The zero-order valence-electron chi connectivity index (χ0n) is 7.31. The van der Waals surface area contributed by atoms with Crippen LogP contribution in [0.1, 0.15) is 5.56 Å². The summed E-state index contributed by atoms with van der Waals surface area (Å²) >= 11 is 0. The molecule has 0 saturated heterocycles. The fourth-order valence-corrected chi connectivity index (χ4v) is 1.15. The molecule has 0 aliphatic carbocycles. The highest BCUT2D eigenvalue weighted by Gasteiger charge is 2.25. The van der Waals surface area contributed by atoms with Gasteiger partial charge in [0.25, 0.3) is 0 Å². The van der Waals surface area contributed by atoms with Crippen molar-refractivity contribution >= 4 is 18.1 Å². The monoisotopic (exact) mass is 198 g/mol. The number of benzene rings is 1. The minimum atomic E-state index is -5.01. The number of hydrogen-bond donors (Lipinski definition) is 1. The first-order valence-electron chi connectivity index (χ1n) is 3.96. The highest BCUT2D eigenvalue weighted by molar-refractivity contribution is 6.73. The molecular formula is C9H8BF3N-. The summed E-state index contributed by atoms with van der Waals surface area (Å²) in [6.07, 6.45) is 5.16. The highest BCUT2D eigenvalue weighted by Crippen LogP contribution is 2.13. The van der Waals surface area contributed by atoms with E-state index in [4.69, 9.17) is 12.2 Å². The molecule has 0 bridgehead atoms. The Kier molecular flexibility index (Phi) is 2.75. The van der Waals surface area contributed by atoms with Crippen molar-refractivity contribution in [2.75, 3.05) is 5.73 Å². The second-order valence-electron chi connectivity index (χ2n) is 2.96. The number of rotatable bonds is 2. The van der Waals surface area contributed by atoms with Crippen LogP contribution >= 0.6 is 0 Å². The molecule has 0 unspecified atom stereocenters. The van der Waals surface area contributed by atoms with Crippen molar-refractivity contribution in [2.24, 2.45) is 0 Å². The van der Waals surface area contributed by atoms with Gasteiger partial charge in [0.05, 0.1) is 0 Å². The van der Waals surface area contributed by atoms with Gasteiger partial charge in [-0.1, -0.05) is 12.1 Å². The topological polar surface area (TPSA) is 26.0 Å². The van der Waals surface area contributed by atoms with Crippen molar-refractivity contribution in [2.45, 2.75) is 6.42 Å². The van der Waals surface area contributed by atoms with E-state index in [9.17, 15) is 12.9 Å². The quantitative estimate of drug-likeness (QED) is 0.435. The second kappa shape index (κ2) is 3.66. The van der Waals surface area contributed by atoms with Crippen LogP contribution in [0.5, 0.6) is 0 Å². The van der Waals surface area contributed by atoms with Gasteiger partial charge in [0.1, 0.15) is 0 Å². The largest absolute Gasteiger partial charge is 0.509 e. The molecule has 74 valence electrons. The van der Waals surface area contributed by atoms with Gasteiger partial charge in [0.15, 0.2) is 0 Å². The standard InChI is InChI=1S/C9H8BF3N/c1-2-3-7-4-8(10(11,12)13)6-9(14)5-7/h1,4-6H,3,14H2/q-1. The SMILES string of the molecule is C#CCc1cc(N)cc([B-](F)(F)F)c1.